The number of nitrogens with one attached hydrogen (secondary N) is 1. The number of aryl methyl sites for hydroxylation is 1. The van der Waals surface area contributed by atoms with Crippen molar-refractivity contribution in [2.75, 3.05) is 0 Å². The van der Waals surface area contributed by atoms with Gasteiger partial charge in [0.05, 0.1) is 12.2 Å². The van der Waals surface area contributed by atoms with Crippen LogP contribution in [0.5, 0.6) is 0 Å². The van der Waals surface area contributed by atoms with Gasteiger partial charge in [-0.1, -0.05) is 0 Å². The summed E-state index contributed by atoms with van der Waals surface area (Å²) in [4.78, 5) is 0. The van der Waals surface area contributed by atoms with E-state index in [2.05, 4.69) is 15.3 Å². The van der Waals surface area contributed by atoms with E-state index < -0.39 is 0 Å². The van der Waals surface area contributed by atoms with E-state index in [9.17, 15) is 0 Å². The van der Waals surface area contributed by atoms with Crippen molar-refractivity contribution in [2.45, 2.75) is 13.2 Å². The number of aromatic amines is 1. The molecule has 7 heteroatoms. The van der Waals surface area contributed by atoms with Gasteiger partial charge in [-0.2, -0.15) is 10.2 Å². The topological polar surface area (TPSA) is 71.7 Å². The largest absolute Gasteiger partial charge is 0.388 e. The van der Waals surface area contributed by atoms with Crippen LogP contribution in [0.15, 0.2) is 12.3 Å². The normalized spacial score (nSPS) is 10.8. The Balaban J connectivity index is 2.31. The third kappa shape index (κ3) is 1.97. The second-order valence-corrected chi connectivity index (χ2v) is 3.56. The predicted molar refractivity (Wildman–Crippen MR) is 55.6 cm³/mol. The maximum Gasteiger partial charge on any atom is 0.195 e. The summed E-state index contributed by atoms with van der Waals surface area (Å²) < 4.78 is 3.93. The molecular weight excluding hydrogens is 214 g/mol. The molecule has 0 saturated heterocycles. The quantitative estimate of drug-likeness (QED) is 0.733. The second kappa shape index (κ2) is 3.95. The lowest BCUT2D eigenvalue weighted by molar-refractivity contribution is 0.265. The number of H-pyrrole nitrogens is 1. The van der Waals surface area contributed by atoms with Crippen LogP contribution < -0.4 is 0 Å². The minimum atomic E-state index is -0.139. The molecule has 0 fully saturated rings. The highest BCUT2D eigenvalue weighted by Gasteiger charge is 2.06. The summed E-state index contributed by atoms with van der Waals surface area (Å²) in [5, 5.41) is 19.8. The van der Waals surface area contributed by atoms with E-state index in [0.29, 0.717) is 17.1 Å². The third-order valence-electron chi connectivity index (χ3n) is 2.07. The van der Waals surface area contributed by atoms with Crippen LogP contribution >= 0.6 is 12.2 Å². The van der Waals surface area contributed by atoms with Gasteiger partial charge < -0.3 is 5.11 Å². The summed E-state index contributed by atoms with van der Waals surface area (Å²) in [6.45, 7) is 0.381. The van der Waals surface area contributed by atoms with Gasteiger partial charge in [-0.15, -0.1) is 0 Å². The van der Waals surface area contributed by atoms with Crippen LogP contribution in [0.25, 0.3) is 0 Å². The van der Waals surface area contributed by atoms with Crippen LogP contribution in [-0.2, 0) is 20.2 Å². The van der Waals surface area contributed by atoms with Gasteiger partial charge in [0, 0.05) is 13.2 Å². The van der Waals surface area contributed by atoms with Crippen molar-refractivity contribution in [2.24, 2.45) is 7.05 Å². The zero-order valence-corrected chi connectivity index (χ0v) is 9.03. The fourth-order valence-corrected chi connectivity index (χ4v) is 1.56. The average molecular weight is 225 g/mol. The Labute approximate surface area is 91.2 Å². The molecule has 0 aliphatic heterocycles. The lowest BCUT2D eigenvalue weighted by Crippen LogP contribution is -2.06. The van der Waals surface area contributed by atoms with E-state index in [1.807, 2.05) is 19.3 Å². The molecule has 2 heterocycles. The van der Waals surface area contributed by atoms with Crippen molar-refractivity contribution in [1.82, 2.24) is 24.5 Å². The first-order chi connectivity index (χ1) is 7.20. The number of rotatable bonds is 3. The first-order valence-electron chi connectivity index (χ1n) is 4.44. The van der Waals surface area contributed by atoms with E-state index in [-0.39, 0.29) is 6.61 Å². The van der Waals surface area contributed by atoms with Crippen LogP contribution in [0.2, 0.25) is 0 Å². The monoisotopic (exact) mass is 225 g/mol. The van der Waals surface area contributed by atoms with E-state index in [1.54, 1.807) is 9.25 Å². The van der Waals surface area contributed by atoms with Gasteiger partial charge in [0.2, 0.25) is 0 Å². The molecule has 2 aromatic rings. The number of nitrogens with zero attached hydrogens (tertiary/aromatic N) is 4. The van der Waals surface area contributed by atoms with Crippen molar-refractivity contribution < 1.29 is 5.11 Å². The zero-order chi connectivity index (χ0) is 10.8. The molecule has 2 rings (SSSR count). The standard InChI is InChI=1S/C8H11N5OS/c1-12-3-2-6(11-12)4-13-7(5-14)9-10-8(13)15/h2-3,14H,4-5H2,1H3,(H,10,15). The molecule has 2 N–H and O–H groups in total. The third-order valence-corrected chi connectivity index (χ3v) is 2.38. The van der Waals surface area contributed by atoms with E-state index >= 15 is 0 Å². The SMILES string of the molecule is Cn1ccc(Cn2c(CO)n[nH]c2=S)n1. The summed E-state index contributed by atoms with van der Waals surface area (Å²) in [6, 6.07) is 1.90. The Bertz CT molecular complexity index is 511. The molecule has 0 bridgehead atoms. The summed E-state index contributed by atoms with van der Waals surface area (Å²) in [5.74, 6) is 0.519. The number of aliphatic hydroxyl groups is 1. The molecule has 0 aliphatic rings. The molecule has 0 amide bonds. The molecule has 0 radical (unpaired) electrons. The number of hydrogen-bond donors (Lipinski definition) is 2. The van der Waals surface area contributed by atoms with Crippen LogP contribution in [-0.4, -0.2) is 29.7 Å². The van der Waals surface area contributed by atoms with Gasteiger partial charge in [0.1, 0.15) is 6.61 Å². The van der Waals surface area contributed by atoms with Crippen molar-refractivity contribution in [3.63, 3.8) is 0 Å². The fraction of sp³-hybridized carbons (Fsp3) is 0.375. The van der Waals surface area contributed by atoms with E-state index in [0.717, 1.165) is 5.69 Å². The molecule has 0 aromatic carbocycles. The van der Waals surface area contributed by atoms with Crippen LogP contribution in [0.4, 0.5) is 0 Å². The van der Waals surface area contributed by atoms with Gasteiger partial charge in [0.25, 0.3) is 0 Å². The predicted octanol–water partition coefficient (Wildman–Crippen LogP) is 0.215. The van der Waals surface area contributed by atoms with Crippen molar-refractivity contribution in [3.05, 3.63) is 28.6 Å². The van der Waals surface area contributed by atoms with Crippen molar-refractivity contribution in [1.29, 1.82) is 0 Å². The Kier molecular flexibility index (Phi) is 2.65. The average Bonchev–Trinajstić information content (AvgIpc) is 2.76. The Hall–Kier alpha value is -1.47. The lowest BCUT2D eigenvalue weighted by Gasteiger charge is -2.01. The van der Waals surface area contributed by atoms with Crippen LogP contribution in [0.3, 0.4) is 0 Å². The maximum atomic E-state index is 9.04. The summed E-state index contributed by atoms with van der Waals surface area (Å²) in [7, 11) is 1.85. The summed E-state index contributed by atoms with van der Waals surface area (Å²) in [6.07, 6.45) is 1.86. The van der Waals surface area contributed by atoms with Crippen molar-refractivity contribution >= 4 is 12.2 Å². The number of aliphatic hydroxyl groups excluding tert-OH is 1. The van der Waals surface area contributed by atoms with Gasteiger partial charge in [-0.3, -0.25) is 14.3 Å². The molecule has 0 unspecified atom stereocenters. The zero-order valence-electron chi connectivity index (χ0n) is 8.21. The molecule has 6 nitrogen and oxygen atoms in total. The van der Waals surface area contributed by atoms with E-state index in [1.165, 1.54) is 0 Å². The highest BCUT2D eigenvalue weighted by atomic mass is 32.1. The van der Waals surface area contributed by atoms with Crippen LogP contribution in [0.1, 0.15) is 11.5 Å². The second-order valence-electron chi connectivity index (χ2n) is 3.17. The Morgan fingerprint density at radius 2 is 2.40 bits per heavy atom. The molecule has 80 valence electrons. The van der Waals surface area contributed by atoms with Gasteiger partial charge >= 0.3 is 0 Å². The Morgan fingerprint density at radius 1 is 1.60 bits per heavy atom. The Morgan fingerprint density at radius 3 is 3.00 bits per heavy atom. The van der Waals surface area contributed by atoms with Gasteiger partial charge in [0.15, 0.2) is 10.6 Å². The minimum Gasteiger partial charge on any atom is -0.388 e. The summed E-state index contributed by atoms with van der Waals surface area (Å²) >= 11 is 5.04. The fourth-order valence-electron chi connectivity index (χ4n) is 1.34. The van der Waals surface area contributed by atoms with Gasteiger partial charge in [-0.25, -0.2) is 0 Å². The van der Waals surface area contributed by atoms with E-state index in [4.69, 9.17) is 17.3 Å². The highest BCUT2D eigenvalue weighted by Crippen LogP contribution is 2.03. The molecule has 2 aromatic heterocycles. The molecule has 0 spiro atoms. The molecular formula is C8H11N5OS. The summed E-state index contributed by atoms with van der Waals surface area (Å²) in [5.41, 5.74) is 0.879. The molecule has 0 atom stereocenters. The molecule has 0 saturated carbocycles. The first kappa shape index (κ1) is 10.1. The molecule has 0 aliphatic carbocycles. The molecule has 15 heavy (non-hydrogen) atoms. The highest BCUT2D eigenvalue weighted by molar-refractivity contribution is 7.71. The lowest BCUT2D eigenvalue weighted by atomic mass is 10.4. The maximum absolute atomic E-state index is 9.04. The smallest absolute Gasteiger partial charge is 0.195 e. The number of aromatic nitrogens is 5. The van der Waals surface area contributed by atoms with Gasteiger partial charge in [-0.05, 0) is 18.3 Å². The minimum absolute atomic E-state index is 0.139. The first-order valence-corrected chi connectivity index (χ1v) is 4.85. The van der Waals surface area contributed by atoms with Crippen LogP contribution in [0, 0.1) is 4.77 Å². The van der Waals surface area contributed by atoms with Crippen molar-refractivity contribution in [3.8, 4) is 0 Å². The number of hydrogen-bond acceptors (Lipinski definition) is 4.